The van der Waals surface area contributed by atoms with Crippen molar-refractivity contribution in [3.05, 3.63) is 24.3 Å². The summed E-state index contributed by atoms with van der Waals surface area (Å²) in [6, 6.07) is 1.86. The Morgan fingerprint density at radius 1 is 1.00 bits per heavy atom. The van der Waals surface area contributed by atoms with E-state index in [-0.39, 0.29) is 0 Å². The summed E-state index contributed by atoms with van der Waals surface area (Å²) in [5, 5.41) is 0. The fraction of sp³-hybridized carbons (Fsp3) is 0.692. The minimum absolute atomic E-state index is 1.01. The average molecular weight is 208 g/mol. The summed E-state index contributed by atoms with van der Waals surface area (Å²) in [6.45, 7) is 6.44. The summed E-state index contributed by atoms with van der Waals surface area (Å²) >= 11 is 0. The molecule has 0 saturated carbocycles. The van der Waals surface area contributed by atoms with Gasteiger partial charge in [-0.3, -0.25) is 0 Å². The Balaban J connectivity index is 0.000000262. The lowest BCUT2D eigenvalue weighted by Crippen LogP contribution is -1.77. The summed E-state index contributed by atoms with van der Waals surface area (Å²) in [5.74, 6) is 0. The van der Waals surface area contributed by atoms with Crippen LogP contribution in [-0.4, -0.2) is 9.97 Å². The van der Waals surface area contributed by atoms with E-state index >= 15 is 0 Å². The summed E-state index contributed by atoms with van der Waals surface area (Å²) in [7, 11) is 0. The molecule has 0 spiro atoms. The van der Waals surface area contributed by atoms with Crippen LogP contribution in [0.25, 0.3) is 0 Å². The second kappa shape index (κ2) is 11.2. The van der Waals surface area contributed by atoms with Crippen LogP contribution >= 0.6 is 0 Å². The van der Waals surface area contributed by atoms with E-state index in [1.807, 2.05) is 13.0 Å². The van der Waals surface area contributed by atoms with Crippen LogP contribution < -0.4 is 0 Å². The number of rotatable bonds is 5. The molecule has 0 radical (unpaired) electrons. The predicted octanol–water partition coefficient (Wildman–Crippen LogP) is 4.15. The molecule has 86 valence electrons. The molecule has 2 nitrogen and oxygen atoms in total. The molecule has 2 heteroatoms. The lowest BCUT2D eigenvalue weighted by atomic mass is 10.1. The number of unbranched alkanes of at least 4 members (excludes halogenated alkanes) is 5. The zero-order valence-electron chi connectivity index (χ0n) is 10.4. The maximum atomic E-state index is 3.87. The second-order valence-corrected chi connectivity index (χ2v) is 3.76. The van der Waals surface area contributed by atoms with Crippen LogP contribution in [0.4, 0.5) is 0 Å². The normalized spacial score (nSPS) is 9.27. The zero-order valence-corrected chi connectivity index (χ0v) is 10.4. The van der Waals surface area contributed by atoms with Gasteiger partial charge in [0.1, 0.15) is 6.33 Å². The Morgan fingerprint density at radius 2 is 1.60 bits per heavy atom. The van der Waals surface area contributed by atoms with Gasteiger partial charge in [0.25, 0.3) is 0 Å². The van der Waals surface area contributed by atoms with Gasteiger partial charge in [0.2, 0.25) is 0 Å². The number of hydrogen-bond acceptors (Lipinski definition) is 2. The van der Waals surface area contributed by atoms with Crippen LogP contribution in [0.3, 0.4) is 0 Å². The van der Waals surface area contributed by atoms with Crippen LogP contribution in [0.5, 0.6) is 0 Å². The molecule has 0 bridgehead atoms. The highest BCUT2D eigenvalue weighted by Crippen LogP contribution is 2.03. The van der Waals surface area contributed by atoms with E-state index in [1.54, 1.807) is 6.20 Å². The molecule has 1 heterocycles. The minimum atomic E-state index is 1.01. The number of hydrogen-bond donors (Lipinski definition) is 0. The van der Waals surface area contributed by atoms with Gasteiger partial charge in [-0.05, 0) is 13.0 Å². The standard InChI is InChI=1S/C8H18.C5H6N2/c1-3-5-7-8-6-4-2;1-5-2-3-6-4-7-5/h3-8H2,1-2H3;2-4H,1H3. The van der Waals surface area contributed by atoms with Crippen molar-refractivity contribution in [2.45, 2.75) is 59.3 Å². The largest absolute Gasteiger partial charge is 0.245 e. The molecule has 0 unspecified atom stereocenters. The fourth-order valence-corrected chi connectivity index (χ4v) is 1.21. The Bertz CT molecular complexity index is 203. The van der Waals surface area contributed by atoms with Gasteiger partial charge in [-0.2, -0.15) is 0 Å². The number of aryl methyl sites for hydroxylation is 1. The molecule has 0 fully saturated rings. The van der Waals surface area contributed by atoms with E-state index < -0.39 is 0 Å². The lowest BCUT2D eigenvalue weighted by molar-refractivity contribution is 0.624. The van der Waals surface area contributed by atoms with Crippen molar-refractivity contribution in [3.63, 3.8) is 0 Å². The molecule has 0 atom stereocenters. The van der Waals surface area contributed by atoms with Crippen LogP contribution in [0.1, 0.15) is 58.1 Å². The van der Waals surface area contributed by atoms with Gasteiger partial charge in [-0.1, -0.05) is 52.4 Å². The van der Waals surface area contributed by atoms with Crippen molar-refractivity contribution in [1.29, 1.82) is 0 Å². The third-order valence-electron chi connectivity index (χ3n) is 2.19. The van der Waals surface area contributed by atoms with Gasteiger partial charge < -0.3 is 0 Å². The molecule has 0 N–H and O–H groups in total. The first-order valence-electron chi connectivity index (χ1n) is 6.03. The third-order valence-corrected chi connectivity index (χ3v) is 2.19. The molecule has 1 aromatic heterocycles. The Morgan fingerprint density at radius 3 is 1.87 bits per heavy atom. The van der Waals surface area contributed by atoms with Crippen LogP contribution in [0.15, 0.2) is 18.6 Å². The van der Waals surface area contributed by atoms with E-state index in [4.69, 9.17) is 0 Å². The molecule has 1 rings (SSSR count). The SMILES string of the molecule is CCCCCCCC.Cc1ccncn1. The van der Waals surface area contributed by atoms with E-state index in [1.165, 1.54) is 44.9 Å². The van der Waals surface area contributed by atoms with Crippen LogP contribution in [-0.2, 0) is 0 Å². The maximum absolute atomic E-state index is 3.87. The summed E-state index contributed by atoms with van der Waals surface area (Å²) in [5.41, 5.74) is 1.01. The maximum Gasteiger partial charge on any atom is 0.115 e. The second-order valence-electron chi connectivity index (χ2n) is 3.76. The van der Waals surface area contributed by atoms with Gasteiger partial charge >= 0.3 is 0 Å². The van der Waals surface area contributed by atoms with Crippen molar-refractivity contribution in [3.8, 4) is 0 Å². The van der Waals surface area contributed by atoms with Crippen LogP contribution in [0.2, 0.25) is 0 Å². The monoisotopic (exact) mass is 208 g/mol. The first kappa shape index (κ1) is 14.1. The smallest absolute Gasteiger partial charge is 0.115 e. The molecule has 0 aliphatic heterocycles. The highest BCUT2D eigenvalue weighted by Gasteiger charge is 1.83. The molecule has 0 saturated heterocycles. The lowest BCUT2D eigenvalue weighted by Gasteiger charge is -1.93. The number of aromatic nitrogens is 2. The highest BCUT2D eigenvalue weighted by molar-refractivity contribution is 4.92. The Labute approximate surface area is 94.2 Å². The molecular weight excluding hydrogens is 184 g/mol. The summed E-state index contributed by atoms with van der Waals surface area (Å²) in [6.07, 6.45) is 11.7. The Hall–Kier alpha value is -0.920. The van der Waals surface area contributed by atoms with Crippen molar-refractivity contribution in [1.82, 2.24) is 9.97 Å². The molecule has 0 amide bonds. The van der Waals surface area contributed by atoms with Gasteiger partial charge in [0.15, 0.2) is 0 Å². The predicted molar refractivity (Wildman–Crippen MR) is 65.8 cm³/mol. The molecule has 0 aliphatic rings. The van der Waals surface area contributed by atoms with E-state index in [0.717, 1.165) is 5.69 Å². The fourth-order valence-electron chi connectivity index (χ4n) is 1.21. The van der Waals surface area contributed by atoms with E-state index in [0.29, 0.717) is 0 Å². The van der Waals surface area contributed by atoms with Gasteiger partial charge in [0, 0.05) is 11.9 Å². The summed E-state index contributed by atoms with van der Waals surface area (Å²) in [4.78, 5) is 7.60. The van der Waals surface area contributed by atoms with Gasteiger partial charge in [0.05, 0.1) is 0 Å². The molecule has 15 heavy (non-hydrogen) atoms. The van der Waals surface area contributed by atoms with E-state index in [9.17, 15) is 0 Å². The van der Waals surface area contributed by atoms with Crippen LogP contribution in [0, 0.1) is 6.92 Å². The quantitative estimate of drug-likeness (QED) is 0.679. The van der Waals surface area contributed by atoms with Crippen molar-refractivity contribution in [2.75, 3.05) is 0 Å². The first-order chi connectivity index (χ1) is 7.31. The summed E-state index contributed by atoms with van der Waals surface area (Å²) < 4.78 is 0. The Kier molecular flexibility index (Phi) is 10.5. The topological polar surface area (TPSA) is 25.8 Å². The van der Waals surface area contributed by atoms with Crippen molar-refractivity contribution in [2.24, 2.45) is 0 Å². The molecule has 0 aliphatic carbocycles. The van der Waals surface area contributed by atoms with Gasteiger partial charge in [-0.25, -0.2) is 9.97 Å². The average Bonchev–Trinajstić information content (AvgIpc) is 2.27. The molecule has 1 aromatic rings. The minimum Gasteiger partial charge on any atom is -0.245 e. The van der Waals surface area contributed by atoms with Crippen molar-refractivity contribution >= 4 is 0 Å². The number of nitrogens with zero attached hydrogens (tertiary/aromatic N) is 2. The highest BCUT2D eigenvalue weighted by atomic mass is 14.8. The molecule has 0 aromatic carbocycles. The first-order valence-corrected chi connectivity index (χ1v) is 6.03. The molecular formula is C13H24N2. The van der Waals surface area contributed by atoms with Gasteiger partial charge in [-0.15, -0.1) is 0 Å². The third kappa shape index (κ3) is 11.0. The zero-order chi connectivity index (χ0) is 11.4. The van der Waals surface area contributed by atoms with Crippen molar-refractivity contribution < 1.29 is 0 Å². The van der Waals surface area contributed by atoms with E-state index in [2.05, 4.69) is 23.8 Å².